The number of hydrogen-bond donors (Lipinski definition) is 2. The van der Waals surface area contributed by atoms with E-state index in [-0.39, 0.29) is 18.6 Å². The molecule has 92 valence electrons. The van der Waals surface area contributed by atoms with Gasteiger partial charge < -0.3 is 15.7 Å². The van der Waals surface area contributed by atoms with Crippen molar-refractivity contribution in [1.29, 1.82) is 0 Å². The summed E-state index contributed by atoms with van der Waals surface area (Å²) >= 11 is 0. The predicted octanol–water partition coefficient (Wildman–Crippen LogP) is 1.26. The molecular formula is C13H18N2O2. The van der Waals surface area contributed by atoms with Crippen LogP contribution in [-0.4, -0.2) is 35.1 Å². The lowest BCUT2D eigenvalue weighted by Crippen LogP contribution is -2.45. The number of nitrogen functional groups attached to an aromatic ring is 1. The van der Waals surface area contributed by atoms with Crippen molar-refractivity contribution >= 4 is 11.6 Å². The molecule has 17 heavy (non-hydrogen) atoms. The van der Waals surface area contributed by atoms with Gasteiger partial charge >= 0.3 is 0 Å². The Labute approximate surface area is 101 Å². The topological polar surface area (TPSA) is 66.6 Å². The highest BCUT2D eigenvalue weighted by Crippen LogP contribution is 2.19. The molecule has 1 aliphatic heterocycles. The Morgan fingerprint density at radius 2 is 2.06 bits per heavy atom. The van der Waals surface area contributed by atoms with E-state index in [0.29, 0.717) is 11.3 Å². The summed E-state index contributed by atoms with van der Waals surface area (Å²) in [5.41, 5.74) is 6.88. The van der Waals surface area contributed by atoms with Crippen molar-refractivity contribution in [2.24, 2.45) is 0 Å². The van der Waals surface area contributed by atoms with Crippen molar-refractivity contribution < 1.29 is 9.90 Å². The molecule has 0 saturated carbocycles. The molecule has 0 spiro atoms. The zero-order valence-electron chi connectivity index (χ0n) is 9.80. The summed E-state index contributed by atoms with van der Waals surface area (Å²) in [4.78, 5) is 14.0. The van der Waals surface area contributed by atoms with Gasteiger partial charge in [0.25, 0.3) is 5.91 Å². The maximum absolute atomic E-state index is 12.3. The maximum Gasteiger partial charge on any atom is 0.254 e. The SMILES string of the molecule is Nc1ccc(C(=O)N2CCCCC2CO)cc1. The van der Waals surface area contributed by atoms with Crippen LogP contribution in [0.3, 0.4) is 0 Å². The number of anilines is 1. The fraction of sp³-hybridized carbons (Fsp3) is 0.462. The molecule has 1 aliphatic rings. The largest absolute Gasteiger partial charge is 0.399 e. The number of aliphatic hydroxyl groups is 1. The zero-order chi connectivity index (χ0) is 12.3. The van der Waals surface area contributed by atoms with E-state index in [2.05, 4.69) is 0 Å². The molecule has 1 heterocycles. The minimum absolute atomic E-state index is 0.0104. The number of carbonyl (C=O) groups is 1. The molecule has 1 aromatic carbocycles. The molecule has 0 aliphatic carbocycles. The van der Waals surface area contributed by atoms with Crippen molar-refractivity contribution in [3.8, 4) is 0 Å². The van der Waals surface area contributed by atoms with Gasteiger partial charge in [-0.25, -0.2) is 0 Å². The molecule has 0 aromatic heterocycles. The van der Waals surface area contributed by atoms with Crippen LogP contribution < -0.4 is 5.73 Å². The fourth-order valence-electron chi connectivity index (χ4n) is 2.25. The first-order valence-corrected chi connectivity index (χ1v) is 5.99. The van der Waals surface area contributed by atoms with Crippen molar-refractivity contribution in [2.75, 3.05) is 18.9 Å². The minimum atomic E-state index is -0.0335. The highest BCUT2D eigenvalue weighted by atomic mass is 16.3. The Morgan fingerprint density at radius 1 is 1.35 bits per heavy atom. The lowest BCUT2D eigenvalue weighted by atomic mass is 10.0. The first kappa shape index (κ1) is 11.9. The van der Waals surface area contributed by atoms with E-state index in [0.717, 1.165) is 25.8 Å². The van der Waals surface area contributed by atoms with E-state index in [4.69, 9.17) is 5.73 Å². The first-order chi connectivity index (χ1) is 8.22. The van der Waals surface area contributed by atoms with Crippen LogP contribution in [0.25, 0.3) is 0 Å². The van der Waals surface area contributed by atoms with Crippen LogP contribution in [0.1, 0.15) is 29.6 Å². The third kappa shape index (κ3) is 2.58. The second-order valence-corrected chi connectivity index (χ2v) is 4.45. The van der Waals surface area contributed by atoms with Crippen LogP contribution in [0.4, 0.5) is 5.69 Å². The van der Waals surface area contributed by atoms with Crippen molar-refractivity contribution in [3.05, 3.63) is 29.8 Å². The summed E-state index contributed by atoms with van der Waals surface area (Å²) in [6.07, 6.45) is 2.98. The summed E-state index contributed by atoms with van der Waals surface area (Å²) in [5.74, 6) is -0.0104. The van der Waals surface area contributed by atoms with Gasteiger partial charge in [-0.3, -0.25) is 4.79 Å². The molecule has 1 atom stereocenters. The quantitative estimate of drug-likeness (QED) is 0.757. The molecule has 2 rings (SSSR count). The van der Waals surface area contributed by atoms with Gasteiger partial charge in [-0.2, -0.15) is 0 Å². The number of amides is 1. The Kier molecular flexibility index (Phi) is 3.64. The standard InChI is InChI=1S/C13H18N2O2/c14-11-6-4-10(5-7-11)13(17)15-8-2-1-3-12(15)9-16/h4-7,12,16H,1-3,8-9,14H2. The van der Waals surface area contributed by atoms with Gasteiger partial charge in [0, 0.05) is 17.8 Å². The Morgan fingerprint density at radius 3 is 2.71 bits per heavy atom. The predicted molar refractivity (Wildman–Crippen MR) is 66.6 cm³/mol. The van der Waals surface area contributed by atoms with Gasteiger partial charge in [0.2, 0.25) is 0 Å². The lowest BCUT2D eigenvalue weighted by Gasteiger charge is -2.34. The molecular weight excluding hydrogens is 216 g/mol. The van der Waals surface area contributed by atoms with Crippen LogP contribution >= 0.6 is 0 Å². The van der Waals surface area contributed by atoms with Gasteiger partial charge in [0.05, 0.1) is 12.6 Å². The Bertz CT molecular complexity index is 389. The van der Waals surface area contributed by atoms with E-state index >= 15 is 0 Å². The number of carbonyl (C=O) groups excluding carboxylic acids is 1. The van der Waals surface area contributed by atoms with E-state index in [1.807, 2.05) is 0 Å². The molecule has 1 amide bonds. The smallest absolute Gasteiger partial charge is 0.254 e. The Hall–Kier alpha value is -1.55. The highest BCUT2D eigenvalue weighted by molar-refractivity contribution is 5.94. The second-order valence-electron chi connectivity index (χ2n) is 4.45. The summed E-state index contributed by atoms with van der Waals surface area (Å²) in [5, 5.41) is 9.29. The van der Waals surface area contributed by atoms with E-state index in [1.54, 1.807) is 29.2 Å². The minimum Gasteiger partial charge on any atom is -0.399 e. The average molecular weight is 234 g/mol. The molecule has 1 unspecified atom stereocenters. The molecule has 1 saturated heterocycles. The number of aliphatic hydroxyl groups excluding tert-OH is 1. The summed E-state index contributed by atoms with van der Waals surface area (Å²) in [6.45, 7) is 0.773. The third-order valence-corrected chi connectivity index (χ3v) is 3.26. The highest BCUT2D eigenvalue weighted by Gasteiger charge is 2.26. The van der Waals surface area contributed by atoms with Crippen molar-refractivity contribution in [3.63, 3.8) is 0 Å². The van der Waals surface area contributed by atoms with Crippen LogP contribution in [-0.2, 0) is 0 Å². The second kappa shape index (κ2) is 5.19. The fourth-order valence-corrected chi connectivity index (χ4v) is 2.25. The molecule has 4 nitrogen and oxygen atoms in total. The number of nitrogens with zero attached hydrogens (tertiary/aromatic N) is 1. The summed E-state index contributed by atoms with van der Waals surface area (Å²) in [6, 6.07) is 6.89. The van der Waals surface area contributed by atoms with Crippen molar-refractivity contribution in [1.82, 2.24) is 4.90 Å². The number of benzene rings is 1. The summed E-state index contributed by atoms with van der Waals surface area (Å²) in [7, 11) is 0. The maximum atomic E-state index is 12.3. The van der Waals surface area contributed by atoms with Gasteiger partial charge in [-0.1, -0.05) is 0 Å². The van der Waals surface area contributed by atoms with Crippen LogP contribution in [0, 0.1) is 0 Å². The average Bonchev–Trinajstić information content (AvgIpc) is 2.39. The molecule has 1 fully saturated rings. The monoisotopic (exact) mass is 234 g/mol. The molecule has 0 radical (unpaired) electrons. The van der Waals surface area contributed by atoms with Crippen LogP contribution in [0.15, 0.2) is 24.3 Å². The normalized spacial score (nSPS) is 20.3. The molecule has 0 bridgehead atoms. The van der Waals surface area contributed by atoms with Crippen molar-refractivity contribution in [2.45, 2.75) is 25.3 Å². The van der Waals surface area contributed by atoms with Crippen LogP contribution in [0.5, 0.6) is 0 Å². The van der Waals surface area contributed by atoms with E-state index < -0.39 is 0 Å². The van der Waals surface area contributed by atoms with Gasteiger partial charge in [0.15, 0.2) is 0 Å². The lowest BCUT2D eigenvalue weighted by molar-refractivity contribution is 0.0503. The molecule has 1 aromatic rings. The Balaban J connectivity index is 2.15. The number of piperidine rings is 1. The van der Waals surface area contributed by atoms with Gasteiger partial charge in [0.1, 0.15) is 0 Å². The number of likely N-dealkylation sites (tertiary alicyclic amines) is 1. The number of hydrogen-bond acceptors (Lipinski definition) is 3. The summed E-state index contributed by atoms with van der Waals surface area (Å²) < 4.78 is 0. The van der Waals surface area contributed by atoms with Gasteiger partial charge in [-0.05, 0) is 43.5 Å². The van der Waals surface area contributed by atoms with Crippen LogP contribution in [0.2, 0.25) is 0 Å². The zero-order valence-corrected chi connectivity index (χ0v) is 9.80. The van der Waals surface area contributed by atoms with Gasteiger partial charge in [-0.15, -0.1) is 0 Å². The van der Waals surface area contributed by atoms with E-state index in [9.17, 15) is 9.90 Å². The molecule has 4 heteroatoms. The number of rotatable bonds is 2. The molecule has 3 N–H and O–H groups in total. The van der Waals surface area contributed by atoms with E-state index in [1.165, 1.54) is 0 Å². The third-order valence-electron chi connectivity index (χ3n) is 3.26. The first-order valence-electron chi connectivity index (χ1n) is 5.99. The number of nitrogens with two attached hydrogens (primary N) is 1.